The van der Waals surface area contributed by atoms with Gasteiger partial charge in [0.25, 0.3) is 0 Å². The fourth-order valence-electron chi connectivity index (χ4n) is 2.68. The number of aliphatic carboxylic acids is 2. The van der Waals surface area contributed by atoms with Crippen LogP contribution >= 0.6 is 27.5 Å². The van der Waals surface area contributed by atoms with Gasteiger partial charge in [-0.2, -0.15) is 0 Å². The van der Waals surface area contributed by atoms with Crippen molar-refractivity contribution in [3.63, 3.8) is 0 Å². The number of morpholine rings is 1. The summed E-state index contributed by atoms with van der Waals surface area (Å²) in [5.41, 5.74) is 0. The third kappa shape index (κ3) is 9.95. The maximum atomic E-state index is 9.10. The third-order valence-corrected chi connectivity index (χ3v) is 4.49. The van der Waals surface area contributed by atoms with Crippen molar-refractivity contribution in [1.29, 1.82) is 0 Å². The van der Waals surface area contributed by atoms with Gasteiger partial charge in [0, 0.05) is 17.6 Å². The molecule has 0 aliphatic carbocycles. The molecule has 27 heavy (non-hydrogen) atoms. The number of unbranched alkanes of at least 4 members (excludes halogenated alkanes) is 1. The number of carbonyl (C=O) groups is 2. The molecule has 0 amide bonds. The second kappa shape index (κ2) is 12.2. The summed E-state index contributed by atoms with van der Waals surface area (Å²) in [6.07, 6.45) is 2.85. The van der Waals surface area contributed by atoms with Crippen molar-refractivity contribution in [2.45, 2.75) is 38.9 Å². The SMILES string of the molecule is CC1CN(CCCCOc2ccc(Br)cc2Cl)CC(C)O1.O=C(O)C(=O)O. The molecule has 1 heterocycles. The number of hydrogen-bond acceptors (Lipinski definition) is 5. The van der Waals surface area contributed by atoms with E-state index in [0.29, 0.717) is 23.8 Å². The Morgan fingerprint density at radius 3 is 2.33 bits per heavy atom. The molecule has 2 rings (SSSR count). The third-order valence-electron chi connectivity index (χ3n) is 3.70. The van der Waals surface area contributed by atoms with Crippen LogP contribution in [0.25, 0.3) is 0 Å². The van der Waals surface area contributed by atoms with E-state index in [1.54, 1.807) is 0 Å². The van der Waals surface area contributed by atoms with Crippen molar-refractivity contribution in [3.05, 3.63) is 27.7 Å². The molecule has 0 radical (unpaired) electrons. The molecular weight excluding hydrogens is 442 g/mol. The summed E-state index contributed by atoms with van der Waals surface area (Å²) in [5.74, 6) is -2.89. The first-order valence-corrected chi connectivity index (χ1v) is 9.78. The van der Waals surface area contributed by atoms with E-state index in [0.717, 1.165) is 42.7 Å². The molecule has 1 aromatic rings. The Labute approximate surface area is 172 Å². The molecule has 0 bridgehead atoms. The Bertz CT molecular complexity index is 608. The Morgan fingerprint density at radius 1 is 1.22 bits per heavy atom. The minimum Gasteiger partial charge on any atom is -0.492 e. The summed E-state index contributed by atoms with van der Waals surface area (Å²) in [4.78, 5) is 20.7. The topological polar surface area (TPSA) is 96.3 Å². The van der Waals surface area contributed by atoms with Gasteiger partial charge in [0.1, 0.15) is 5.75 Å². The smallest absolute Gasteiger partial charge is 0.414 e. The molecule has 9 heteroatoms. The quantitative estimate of drug-likeness (QED) is 0.489. The van der Waals surface area contributed by atoms with Crippen LogP contribution in [-0.2, 0) is 14.3 Å². The number of nitrogens with zero attached hydrogens (tertiary/aromatic N) is 1. The van der Waals surface area contributed by atoms with Crippen LogP contribution in [0.5, 0.6) is 5.75 Å². The van der Waals surface area contributed by atoms with E-state index in [1.807, 2.05) is 18.2 Å². The molecule has 2 N–H and O–H groups in total. The average molecular weight is 467 g/mol. The van der Waals surface area contributed by atoms with E-state index >= 15 is 0 Å². The highest BCUT2D eigenvalue weighted by atomic mass is 79.9. The lowest BCUT2D eigenvalue weighted by atomic mass is 10.2. The summed E-state index contributed by atoms with van der Waals surface area (Å²) in [6.45, 7) is 8.16. The van der Waals surface area contributed by atoms with Crippen LogP contribution in [0.2, 0.25) is 5.02 Å². The predicted molar refractivity (Wildman–Crippen MR) is 106 cm³/mol. The number of rotatable bonds is 6. The van der Waals surface area contributed by atoms with E-state index < -0.39 is 11.9 Å². The highest BCUT2D eigenvalue weighted by molar-refractivity contribution is 9.10. The molecule has 1 aromatic carbocycles. The first kappa shape index (κ1) is 23.7. The minimum absolute atomic E-state index is 0.339. The number of carboxylic acids is 2. The van der Waals surface area contributed by atoms with Gasteiger partial charge in [-0.1, -0.05) is 27.5 Å². The highest BCUT2D eigenvalue weighted by Crippen LogP contribution is 2.27. The van der Waals surface area contributed by atoms with Crippen molar-refractivity contribution in [2.75, 3.05) is 26.2 Å². The van der Waals surface area contributed by atoms with Gasteiger partial charge < -0.3 is 19.7 Å². The Hall–Kier alpha value is -1.35. The average Bonchev–Trinajstić information content (AvgIpc) is 2.56. The van der Waals surface area contributed by atoms with Crippen LogP contribution in [0.15, 0.2) is 22.7 Å². The van der Waals surface area contributed by atoms with Gasteiger partial charge in [-0.25, -0.2) is 9.59 Å². The van der Waals surface area contributed by atoms with Gasteiger partial charge in [0.05, 0.1) is 23.8 Å². The van der Waals surface area contributed by atoms with Gasteiger partial charge in [0.15, 0.2) is 0 Å². The zero-order chi connectivity index (χ0) is 20.4. The number of benzene rings is 1. The second-order valence-electron chi connectivity index (χ2n) is 6.26. The lowest BCUT2D eigenvalue weighted by Crippen LogP contribution is -2.45. The number of hydrogen-bond donors (Lipinski definition) is 2. The number of carboxylic acid groups (broad SMARTS) is 2. The van der Waals surface area contributed by atoms with E-state index in [1.165, 1.54) is 0 Å². The van der Waals surface area contributed by atoms with Gasteiger partial charge in [-0.05, 0) is 51.4 Å². The monoisotopic (exact) mass is 465 g/mol. The zero-order valence-electron chi connectivity index (χ0n) is 15.4. The molecule has 7 nitrogen and oxygen atoms in total. The molecular formula is C18H25BrClNO6. The zero-order valence-corrected chi connectivity index (χ0v) is 17.7. The molecule has 2 unspecified atom stereocenters. The first-order valence-electron chi connectivity index (χ1n) is 8.61. The fourth-order valence-corrected chi connectivity index (χ4v) is 3.41. The van der Waals surface area contributed by atoms with E-state index in [4.69, 9.17) is 40.9 Å². The Kier molecular flexibility index (Phi) is 10.7. The first-order chi connectivity index (χ1) is 12.7. The normalized spacial score (nSPS) is 19.7. The van der Waals surface area contributed by atoms with Crippen molar-refractivity contribution >= 4 is 39.5 Å². The van der Waals surface area contributed by atoms with E-state index in [-0.39, 0.29) is 0 Å². The molecule has 152 valence electrons. The lowest BCUT2D eigenvalue weighted by molar-refractivity contribution is -0.159. The molecule has 1 aliphatic heterocycles. The van der Waals surface area contributed by atoms with Gasteiger partial charge in [-0.3, -0.25) is 4.90 Å². The van der Waals surface area contributed by atoms with Gasteiger partial charge >= 0.3 is 11.9 Å². The largest absolute Gasteiger partial charge is 0.492 e. The summed E-state index contributed by atoms with van der Waals surface area (Å²) < 4.78 is 12.4. The molecule has 2 atom stereocenters. The summed E-state index contributed by atoms with van der Waals surface area (Å²) >= 11 is 9.51. The summed E-state index contributed by atoms with van der Waals surface area (Å²) in [6, 6.07) is 5.70. The maximum absolute atomic E-state index is 9.10. The standard InChI is InChI=1S/C16H23BrClNO2.C2H2O4/c1-12-10-19(11-13(2)21-12)7-3-4-8-20-16-6-5-14(17)9-15(16)18;3-1(4)2(5)6/h5-6,9,12-13H,3-4,7-8,10-11H2,1-2H3;(H,3,4)(H,5,6). The Morgan fingerprint density at radius 2 is 1.81 bits per heavy atom. The fraction of sp³-hybridized carbons (Fsp3) is 0.556. The van der Waals surface area contributed by atoms with Crippen LogP contribution in [-0.4, -0.2) is 65.5 Å². The van der Waals surface area contributed by atoms with Crippen LogP contribution in [0.3, 0.4) is 0 Å². The molecule has 0 spiro atoms. The van der Waals surface area contributed by atoms with Crippen LogP contribution in [0, 0.1) is 0 Å². The Balaban J connectivity index is 0.000000527. The van der Waals surface area contributed by atoms with E-state index in [9.17, 15) is 0 Å². The predicted octanol–water partition coefficient (Wildman–Crippen LogP) is 3.53. The summed E-state index contributed by atoms with van der Waals surface area (Å²) in [7, 11) is 0. The van der Waals surface area contributed by atoms with Gasteiger partial charge in [-0.15, -0.1) is 0 Å². The number of halogens is 2. The minimum atomic E-state index is -1.82. The van der Waals surface area contributed by atoms with Crippen molar-refractivity contribution in [2.24, 2.45) is 0 Å². The van der Waals surface area contributed by atoms with E-state index in [2.05, 4.69) is 34.7 Å². The highest BCUT2D eigenvalue weighted by Gasteiger charge is 2.21. The van der Waals surface area contributed by atoms with Gasteiger partial charge in [0.2, 0.25) is 0 Å². The second-order valence-corrected chi connectivity index (χ2v) is 7.58. The van der Waals surface area contributed by atoms with Crippen molar-refractivity contribution < 1.29 is 29.3 Å². The van der Waals surface area contributed by atoms with Crippen molar-refractivity contribution in [3.8, 4) is 5.75 Å². The van der Waals surface area contributed by atoms with Crippen LogP contribution in [0.1, 0.15) is 26.7 Å². The molecule has 1 fully saturated rings. The molecule has 0 saturated carbocycles. The molecule has 1 aliphatic rings. The summed E-state index contributed by atoms with van der Waals surface area (Å²) in [5, 5.41) is 15.4. The molecule has 1 saturated heterocycles. The van der Waals surface area contributed by atoms with Crippen LogP contribution in [0.4, 0.5) is 0 Å². The van der Waals surface area contributed by atoms with Crippen LogP contribution < -0.4 is 4.74 Å². The lowest BCUT2D eigenvalue weighted by Gasteiger charge is -2.35. The maximum Gasteiger partial charge on any atom is 0.414 e. The number of ether oxygens (including phenoxy) is 2. The van der Waals surface area contributed by atoms with Crippen molar-refractivity contribution in [1.82, 2.24) is 4.90 Å². The molecule has 0 aromatic heterocycles.